The molecule has 0 bridgehead atoms. The minimum atomic E-state index is -1.92. The highest BCUT2D eigenvalue weighted by molar-refractivity contribution is 6.27. The summed E-state index contributed by atoms with van der Waals surface area (Å²) < 4.78 is 41.8. The van der Waals surface area contributed by atoms with Crippen molar-refractivity contribution in [3.05, 3.63) is 0 Å². The lowest BCUT2D eigenvalue weighted by Crippen LogP contribution is -2.70. The van der Waals surface area contributed by atoms with Gasteiger partial charge in [-0.3, -0.25) is 24.0 Å². The summed E-state index contributed by atoms with van der Waals surface area (Å²) in [6.07, 6.45) is -7.81. The number of rotatable bonds is 9. The van der Waals surface area contributed by atoms with Gasteiger partial charge >= 0.3 is 23.9 Å². The van der Waals surface area contributed by atoms with Crippen LogP contribution in [0.15, 0.2) is 0 Å². The Morgan fingerprint density at radius 2 is 1.58 bits per heavy atom. The van der Waals surface area contributed by atoms with E-state index in [1.165, 1.54) is 13.8 Å². The molecular formula is C20H29ClFNO10. The first kappa shape index (κ1) is 28.6. The lowest BCUT2D eigenvalue weighted by atomic mass is 9.83. The Balaban J connectivity index is 3.58. The number of alkyl halides is 2. The van der Waals surface area contributed by atoms with Gasteiger partial charge in [0.2, 0.25) is 5.91 Å². The molecule has 1 rings (SSSR count). The lowest BCUT2D eigenvalue weighted by Gasteiger charge is -2.49. The second-order valence-corrected chi connectivity index (χ2v) is 8.18. The highest BCUT2D eigenvalue weighted by Crippen LogP contribution is 2.36. The number of hydrogen-bond acceptors (Lipinski definition) is 10. The van der Waals surface area contributed by atoms with Gasteiger partial charge in [-0.25, -0.2) is 4.39 Å². The van der Waals surface area contributed by atoms with Crippen LogP contribution in [0.5, 0.6) is 0 Å². The van der Waals surface area contributed by atoms with E-state index in [1.54, 1.807) is 0 Å². The average Bonchev–Trinajstić information content (AvgIpc) is 2.68. The van der Waals surface area contributed by atoms with E-state index < -0.39 is 84.5 Å². The molecule has 1 aliphatic rings. The van der Waals surface area contributed by atoms with Gasteiger partial charge in [-0.2, -0.15) is 0 Å². The number of ether oxygens (including phenoxy) is 5. The van der Waals surface area contributed by atoms with Crippen LogP contribution in [0.25, 0.3) is 0 Å². The number of halogens is 2. The SMILES string of the molecule is CC(=O)OC[C@@H](OC(C)=O)[C@@H](OC(C)=O)C1OC(C)(C)C(F)C(OC(C)=O)C1NC(=O)CCl. The molecule has 1 fully saturated rings. The summed E-state index contributed by atoms with van der Waals surface area (Å²) in [6.45, 7) is 6.47. The van der Waals surface area contributed by atoms with Crippen molar-refractivity contribution >= 4 is 41.4 Å². The average molecular weight is 498 g/mol. The van der Waals surface area contributed by atoms with Crippen molar-refractivity contribution < 1.29 is 52.0 Å². The Morgan fingerprint density at radius 3 is 2.03 bits per heavy atom. The third kappa shape index (κ3) is 8.43. The first-order valence-electron chi connectivity index (χ1n) is 10.0. The molecule has 1 amide bonds. The van der Waals surface area contributed by atoms with Crippen LogP contribution in [0.3, 0.4) is 0 Å². The van der Waals surface area contributed by atoms with E-state index in [0.717, 1.165) is 27.7 Å². The topological polar surface area (TPSA) is 144 Å². The van der Waals surface area contributed by atoms with E-state index in [1.807, 2.05) is 0 Å². The normalized spacial score (nSPS) is 25.7. The van der Waals surface area contributed by atoms with Crippen LogP contribution in [-0.4, -0.2) is 84.5 Å². The molecule has 188 valence electrons. The van der Waals surface area contributed by atoms with Crippen LogP contribution >= 0.6 is 11.6 Å². The standard InChI is InChI=1S/C20H29ClFNO10/c1-9(24)29-8-13(30-10(2)25)16(31-11(3)26)17-15(23-14(28)7-21)18(32-12(4)27)19(22)20(5,6)33-17/h13,15-19H,7-8H2,1-6H3,(H,23,28)/t13-,15?,16-,17?,18?,19?/m1/s1. The molecule has 1 heterocycles. The van der Waals surface area contributed by atoms with E-state index in [9.17, 15) is 24.0 Å². The summed E-state index contributed by atoms with van der Waals surface area (Å²) in [4.78, 5) is 58.8. The lowest BCUT2D eigenvalue weighted by molar-refractivity contribution is -0.251. The van der Waals surface area contributed by atoms with Crippen molar-refractivity contribution in [2.45, 2.75) is 83.8 Å². The first-order chi connectivity index (χ1) is 15.2. The summed E-state index contributed by atoms with van der Waals surface area (Å²) in [5.41, 5.74) is -1.60. The van der Waals surface area contributed by atoms with Crippen LogP contribution < -0.4 is 5.32 Å². The van der Waals surface area contributed by atoms with Crippen LogP contribution in [-0.2, 0) is 47.7 Å². The zero-order valence-electron chi connectivity index (χ0n) is 19.2. The van der Waals surface area contributed by atoms with Crippen LogP contribution in [0, 0.1) is 0 Å². The minimum Gasteiger partial charge on any atom is -0.462 e. The van der Waals surface area contributed by atoms with Crippen LogP contribution in [0.4, 0.5) is 4.39 Å². The fraction of sp³-hybridized carbons (Fsp3) is 0.750. The largest absolute Gasteiger partial charge is 0.462 e. The summed E-state index contributed by atoms with van der Waals surface area (Å²) in [6, 6.07) is -1.41. The van der Waals surface area contributed by atoms with Gasteiger partial charge in [0, 0.05) is 27.7 Å². The smallest absolute Gasteiger partial charge is 0.303 e. The highest BCUT2D eigenvalue weighted by atomic mass is 35.5. The molecular weight excluding hydrogens is 469 g/mol. The summed E-state index contributed by atoms with van der Waals surface area (Å²) >= 11 is 5.58. The van der Waals surface area contributed by atoms with Gasteiger partial charge < -0.3 is 29.0 Å². The van der Waals surface area contributed by atoms with Crippen molar-refractivity contribution in [3.63, 3.8) is 0 Å². The molecule has 4 unspecified atom stereocenters. The number of carbonyl (C=O) groups excluding carboxylic acids is 5. The summed E-state index contributed by atoms with van der Waals surface area (Å²) in [5, 5.41) is 2.42. The predicted octanol–water partition coefficient (Wildman–Crippen LogP) is 0.584. The minimum absolute atomic E-state index is 0.518. The van der Waals surface area contributed by atoms with Gasteiger partial charge in [-0.05, 0) is 13.8 Å². The number of nitrogens with one attached hydrogen (secondary N) is 1. The molecule has 0 spiro atoms. The van der Waals surface area contributed by atoms with Gasteiger partial charge in [0.25, 0.3) is 0 Å². The van der Waals surface area contributed by atoms with E-state index >= 15 is 4.39 Å². The highest BCUT2D eigenvalue weighted by Gasteiger charge is 2.57. The van der Waals surface area contributed by atoms with Crippen molar-refractivity contribution in [3.8, 4) is 0 Å². The molecule has 0 radical (unpaired) electrons. The molecule has 6 atom stereocenters. The van der Waals surface area contributed by atoms with E-state index in [-0.39, 0.29) is 0 Å². The molecule has 1 aliphatic heterocycles. The van der Waals surface area contributed by atoms with Gasteiger partial charge in [0.1, 0.15) is 18.6 Å². The van der Waals surface area contributed by atoms with Crippen molar-refractivity contribution in [1.82, 2.24) is 5.32 Å². The summed E-state index contributed by atoms with van der Waals surface area (Å²) in [5.74, 6) is -4.48. The fourth-order valence-electron chi connectivity index (χ4n) is 3.39. The summed E-state index contributed by atoms with van der Waals surface area (Å²) in [7, 11) is 0. The van der Waals surface area contributed by atoms with E-state index in [2.05, 4.69) is 5.32 Å². The second-order valence-electron chi connectivity index (χ2n) is 7.91. The van der Waals surface area contributed by atoms with E-state index in [0.29, 0.717) is 0 Å². The quantitative estimate of drug-likeness (QED) is 0.273. The van der Waals surface area contributed by atoms with Crippen LogP contribution in [0.1, 0.15) is 41.5 Å². The molecule has 1 saturated heterocycles. The monoisotopic (exact) mass is 497 g/mol. The number of amides is 1. The molecule has 33 heavy (non-hydrogen) atoms. The Labute approximate surface area is 195 Å². The van der Waals surface area contributed by atoms with Gasteiger partial charge in [-0.15, -0.1) is 11.6 Å². The number of carbonyl (C=O) groups is 5. The zero-order chi connectivity index (χ0) is 25.5. The van der Waals surface area contributed by atoms with Crippen molar-refractivity contribution in [1.29, 1.82) is 0 Å². The Hall–Kier alpha value is -2.47. The van der Waals surface area contributed by atoms with Gasteiger partial charge in [0.05, 0.1) is 11.6 Å². The Morgan fingerprint density at radius 1 is 1.00 bits per heavy atom. The Bertz CT molecular complexity index is 761. The fourth-order valence-corrected chi connectivity index (χ4v) is 3.47. The first-order valence-corrected chi connectivity index (χ1v) is 10.5. The number of hydrogen-bond donors (Lipinski definition) is 1. The molecule has 0 aromatic carbocycles. The van der Waals surface area contributed by atoms with Crippen molar-refractivity contribution in [2.75, 3.05) is 12.5 Å². The van der Waals surface area contributed by atoms with Crippen molar-refractivity contribution in [2.24, 2.45) is 0 Å². The van der Waals surface area contributed by atoms with Gasteiger partial charge in [-0.1, -0.05) is 0 Å². The molecule has 0 aliphatic carbocycles. The third-order valence-electron chi connectivity index (χ3n) is 4.61. The molecule has 0 saturated carbocycles. The molecule has 1 N–H and O–H groups in total. The molecule has 0 aromatic heterocycles. The third-order valence-corrected chi connectivity index (χ3v) is 4.85. The zero-order valence-corrected chi connectivity index (χ0v) is 20.0. The molecule has 11 nitrogen and oxygen atoms in total. The maximum atomic E-state index is 15.3. The maximum Gasteiger partial charge on any atom is 0.303 e. The predicted molar refractivity (Wildman–Crippen MR) is 110 cm³/mol. The Kier molecular flexibility index (Phi) is 10.5. The number of esters is 4. The molecule has 0 aromatic rings. The van der Waals surface area contributed by atoms with Crippen LogP contribution in [0.2, 0.25) is 0 Å². The second kappa shape index (κ2) is 12.1. The van der Waals surface area contributed by atoms with Gasteiger partial charge in [0.15, 0.2) is 24.5 Å². The van der Waals surface area contributed by atoms with E-state index in [4.69, 9.17) is 35.3 Å². The maximum absolute atomic E-state index is 15.3. The molecule has 13 heteroatoms.